The highest BCUT2D eigenvalue weighted by Crippen LogP contribution is 2.17. The van der Waals surface area contributed by atoms with E-state index in [1.165, 1.54) is 17.1 Å². The number of hydrogen-bond acceptors (Lipinski definition) is 5. The molecule has 1 fully saturated rings. The van der Waals surface area contributed by atoms with Crippen LogP contribution in [-0.2, 0) is 11.2 Å². The van der Waals surface area contributed by atoms with Crippen LogP contribution in [0.25, 0.3) is 0 Å². The number of carbonyl (C=O) groups excluding carboxylic acids is 1. The first-order chi connectivity index (χ1) is 10.3. The molecule has 0 N–H and O–H groups in total. The summed E-state index contributed by atoms with van der Waals surface area (Å²) in [6, 6.07) is 10.2. The highest BCUT2D eigenvalue weighted by molar-refractivity contribution is 7.09. The minimum absolute atomic E-state index is 0.246. The van der Waals surface area contributed by atoms with Gasteiger partial charge in [0, 0.05) is 44.1 Å². The lowest BCUT2D eigenvalue weighted by atomic mass is 10.1. The first kappa shape index (κ1) is 14.0. The number of carbonyl (C=O) groups is 1. The molecule has 0 saturated carbocycles. The molecule has 110 valence electrons. The molecule has 0 unspecified atom stereocenters. The van der Waals surface area contributed by atoms with E-state index in [0.717, 1.165) is 37.7 Å². The molecule has 0 aliphatic carbocycles. The third kappa shape index (κ3) is 3.58. The van der Waals surface area contributed by atoms with E-state index in [-0.39, 0.29) is 5.91 Å². The summed E-state index contributed by atoms with van der Waals surface area (Å²) >= 11 is 1.41. The van der Waals surface area contributed by atoms with E-state index in [2.05, 4.69) is 26.4 Å². The van der Waals surface area contributed by atoms with E-state index in [1.54, 1.807) is 6.33 Å². The van der Waals surface area contributed by atoms with Gasteiger partial charge < -0.3 is 9.80 Å². The van der Waals surface area contributed by atoms with Crippen LogP contribution in [0.15, 0.2) is 36.7 Å². The second-order valence-electron chi connectivity index (χ2n) is 5.08. The summed E-state index contributed by atoms with van der Waals surface area (Å²) in [6.45, 7) is 3.22. The van der Waals surface area contributed by atoms with Crippen molar-refractivity contribution in [3.8, 4) is 0 Å². The van der Waals surface area contributed by atoms with Crippen LogP contribution < -0.4 is 4.90 Å². The van der Waals surface area contributed by atoms with Crippen LogP contribution in [0.2, 0.25) is 0 Å². The van der Waals surface area contributed by atoms with Gasteiger partial charge in [-0.3, -0.25) is 4.79 Å². The summed E-state index contributed by atoms with van der Waals surface area (Å²) in [5.41, 5.74) is 1.22. The van der Waals surface area contributed by atoms with Gasteiger partial charge in [0.2, 0.25) is 11.0 Å². The minimum Gasteiger partial charge on any atom is -0.343 e. The van der Waals surface area contributed by atoms with Crippen molar-refractivity contribution in [3.63, 3.8) is 0 Å². The molecule has 1 aromatic heterocycles. The number of hydrogen-bond donors (Lipinski definition) is 0. The van der Waals surface area contributed by atoms with Crippen molar-refractivity contribution in [3.05, 3.63) is 42.2 Å². The predicted molar refractivity (Wildman–Crippen MR) is 83.5 cm³/mol. The molecule has 21 heavy (non-hydrogen) atoms. The Morgan fingerprint density at radius 1 is 1.14 bits per heavy atom. The van der Waals surface area contributed by atoms with E-state index in [9.17, 15) is 4.79 Å². The van der Waals surface area contributed by atoms with Gasteiger partial charge in [0.1, 0.15) is 6.33 Å². The zero-order valence-corrected chi connectivity index (χ0v) is 12.6. The van der Waals surface area contributed by atoms with Gasteiger partial charge in [0.05, 0.1) is 0 Å². The fraction of sp³-hybridized carbons (Fsp3) is 0.400. The van der Waals surface area contributed by atoms with Crippen LogP contribution in [0, 0.1) is 0 Å². The molecule has 0 radical (unpaired) electrons. The van der Waals surface area contributed by atoms with Crippen LogP contribution in [-0.4, -0.2) is 46.3 Å². The summed E-state index contributed by atoms with van der Waals surface area (Å²) in [6.07, 6.45) is 2.98. The van der Waals surface area contributed by atoms with Gasteiger partial charge in [-0.15, -0.1) is 0 Å². The Hall–Kier alpha value is -1.95. The van der Waals surface area contributed by atoms with Gasteiger partial charge in [-0.1, -0.05) is 30.3 Å². The molecule has 0 spiro atoms. The lowest BCUT2D eigenvalue weighted by Crippen LogP contribution is -2.48. The maximum atomic E-state index is 12.2. The van der Waals surface area contributed by atoms with E-state index in [4.69, 9.17) is 0 Å². The molecule has 1 aliphatic rings. The van der Waals surface area contributed by atoms with Gasteiger partial charge in [-0.25, -0.2) is 4.98 Å². The normalized spacial score (nSPS) is 15.2. The Balaban J connectivity index is 1.47. The molecule has 3 rings (SSSR count). The molecule has 1 saturated heterocycles. The molecular weight excluding hydrogens is 284 g/mol. The second kappa shape index (κ2) is 6.67. The van der Waals surface area contributed by atoms with Crippen molar-refractivity contribution < 1.29 is 4.79 Å². The number of aryl methyl sites for hydroxylation is 1. The highest BCUT2D eigenvalue weighted by Gasteiger charge is 2.22. The van der Waals surface area contributed by atoms with Gasteiger partial charge in [-0.2, -0.15) is 4.37 Å². The fourth-order valence-corrected chi connectivity index (χ4v) is 3.09. The Kier molecular flexibility index (Phi) is 4.45. The summed E-state index contributed by atoms with van der Waals surface area (Å²) in [5, 5.41) is 0.950. The molecule has 2 aromatic rings. The Morgan fingerprint density at radius 2 is 1.90 bits per heavy atom. The Morgan fingerprint density at radius 3 is 2.57 bits per heavy atom. The number of piperazine rings is 1. The second-order valence-corrected chi connectivity index (χ2v) is 5.84. The highest BCUT2D eigenvalue weighted by atomic mass is 32.1. The zero-order valence-electron chi connectivity index (χ0n) is 11.8. The quantitative estimate of drug-likeness (QED) is 0.864. The lowest BCUT2D eigenvalue weighted by Gasteiger charge is -2.34. The van der Waals surface area contributed by atoms with Crippen LogP contribution in [0.5, 0.6) is 0 Å². The average Bonchev–Trinajstić information content (AvgIpc) is 3.08. The van der Waals surface area contributed by atoms with Gasteiger partial charge >= 0.3 is 0 Å². The first-order valence-corrected chi connectivity index (χ1v) is 7.93. The Labute approximate surface area is 128 Å². The number of rotatable bonds is 4. The molecule has 6 heteroatoms. The number of benzene rings is 1. The van der Waals surface area contributed by atoms with Gasteiger partial charge in [-0.05, 0) is 12.0 Å². The zero-order chi connectivity index (χ0) is 14.5. The molecule has 0 atom stereocenters. The minimum atomic E-state index is 0.246. The monoisotopic (exact) mass is 302 g/mol. The van der Waals surface area contributed by atoms with Crippen molar-refractivity contribution in [2.45, 2.75) is 12.8 Å². The Bertz CT molecular complexity index is 565. The summed E-state index contributed by atoms with van der Waals surface area (Å²) < 4.78 is 4.02. The topological polar surface area (TPSA) is 49.3 Å². The third-order valence-corrected chi connectivity index (χ3v) is 4.45. The van der Waals surface area contributed by atoms with E-state index in [0.29, 0.717) is 6.42 Å². The van der Waals surface area contributed by atoms with Crippen molar-refractivity contribution in [1.29, 1.82) is 0 Å². The molecule has 1 amide bonds. The molecule has 0 bridgehead atoms. The molecule has 2 heterocycles. The summed E-state index contributed by atoms with van der Waals surface area (Å²) in [4.78, 5) is 20.6. The van der Waals surface area contributed by atoms with E-state index in [1.807, 2.05) is 23.1 Å². The van der Waals surface area contributed by atoms with Crippen LogP contribution >= 0.6 is 11.5 Å². The largest absolute Gasteiger partial charge is 0.343 e. The average molecular weight is 302 g/mol. The van der Waals surface area contributed by atoms with Crippen molar-refractivity contribution in [1.82, 2.24) is 14.3 Å². The van der Waals surface area contributed by atoms with Crippen molar-refractivity contribution >= 4 is 22.6 Å². The SMILES string of the molecule is O=C(CCc1ccccc1)N1CCN(c2ncns2)CC1. The third-order valence-electron chi connectivity index (χ3n) is 3.72. The molecule has 1 aliphatic heterocycles. The maximum absolute atomic E-state index is 12.2. The number of aromatic nitrogens is 2. The van der Waals surface area contributed by atoms with Gasteiger partial charge in [0.15, 0.2) is 0 Å². The van der Waals surface area contributed by atoms with Crippen molar-refractivity contribution in [2.75, 3.05) is 31.1 Å². The van der Waals surface area contributed by atoms with Crippen LogP contribution in [0.3, 0.4) is 0 Å². The van der Waals surface area contributed by atoms with E-state index < -0.39 is 0 Å². The fourth-order valence-electron chi connectivity index (χ4n) is 2.51. The summed E-state index contributed by atoms with van der Waals surface area (Å²) in [5.74, 6) is 0.246. The van der Waals surface area contributed by atoms with Crippen LogP contribution in [0.1, 0.15) is 12.0 Å². The van der Waals surface area contributed by atoms with E-state index >= 15 is 0 Å². The standard InChI is InChI=1S/C15H18N4OS/c20-14(7-6-13-4-2-1-3-5-13)18-8-10-19(11-9-18)15-16-12-17-21-15/h1-5,12H,6-11H2. The molecule has 5 nitrogen and oxygen atoms in total. The van der Waals surface area contributed by atoms with Crippen molar-refractivity contribution in [2.24, 2.45) is 0 Å². The number of anilines is 1. The number of amides is 1. The summed E-state index contributed by atoms with van der Waals surface area (Å²) in [7, 11) is 0. The smallest absolute Gasteiger partial charge is 0.223 e. The first-order valence-electron chi connectivity index (χ1n) is 7.16. The van der Waals surface area contributed by atoms with Crippen LogP contribution in [0.4, 0.5) is 5.13 Å². The maximum Gasteiger partial charge on any atom is 0.223 e. The van der Waals surface area contributed by atoms with Gasteiger partial charge in [0.25, 0.3) is 0 Å². The molecule has 1 aromatic carbocycles. The lowest BCUT2D eigenvalue weighted by molar-refractivity contribution is -0.131. The predicted octanol–water partition coefficient (Wildman–Crippen LogP) is 1.82. The molecular formula is C15H18N4OS. The number of nitrogens with zero attached hydrogens (tertiary/aromatic N) is 4.